The Morgan fingerprint density at radius 3 is 2.23 bits per heavy atom. The van der Waals surface area contributed by atoms with E-state index in [2.05, 4.69) is 0 Å². The highest BCUT2D eigenvalue weighted by Gasteiger charge is 2.41. The first kappa shape index (κ1) is 23.2. The average molecular weight is 425 g/mol. The first-order chi connectivity index (χ1) is 14.3. The molecule has 3 fully saturated rings. The third-order valence-corrected chi connectivity index (χ3v) is 7.11. The zero-order valence-electron chi connectivity index (χ0n) is 18.5. The summed E-state index contributed by atoms with van der Waals surface area (Å²) in [6.45, 7) is 4.78. The fourth-order valence-electron chi connectivity index (χ4n) is 5.34. The highest BCUT2D eigenvalue weighted by Crippen LogP contribution is 2.31. The van der Waals surface area contributed by atoms with E-state index in [0.717, 1.165) is 25.7 Å². The number of rotatable bonds is 4. The van der Waals surface area contributed by atoms with Gasteiger partial charge in [-0.05, 0) is 64.4 Å². The Kier molecular flexibility index (Phi) is 7.91. The predicted molar refractivity (Wildman–Crippen MR) is 112 cm³/mol. The highest BCUT2D eigenvalue weighted by molar-refractivity contribution is 5.88. The number of alkyl halides is 1. The fourth-order valence-corrected chi connectivity index (χ4v) is 5.34. The van der Waals surface area contributed by atoms with Crippen LogP contribution in [0.3, 0.4) is 0 Å². The summed E-state index contributed by atoms with van der Waals surface area (Å²) < 4.78 is 19.8. The molecule has 5 atom stereocenters. The molecule has 1 saturated heterocycles. The average Bonchev–Trinajstić information content (AvgIpc) is 2.72. The van der Waals surface area contributed by atoms with Crippen LogP contribution in [-0.4, -0.2) is 77.4 Å². The Balaban J connectivity index is 1.55. The molecule has 0 bridgehead atoms. The third-order valence-electron chi connectivity index (χ3n) is 7.11. The van der Waals surface area contributed by atoms with Gasteiger partial charge in [-0.3, -0.25) is 9.59 Å². The number of halogens is 1. The van der Waals surface area contributed by atoms with Crippen molar-refractivity contribution in [2.75, 3.05) is 20.2 Å². The summed E-state index contributed by atoms with van der Waals surface area (Å²) in [4.78, 5) is 29.4. The van der Waals surface area contributed by atoms with E-state index in [1.54, 1.807) is 18.1 Å². The number of methoxy groups -OCH3 is 1. The summed E-state index contributed by atoms with van der Waals surface area (Å²) in [7, 11) is 1.59. The van der Waals surface area contributed by atoms with Crippen molar-refractivity contribution in [2.24, 2.45) is 11.8 Å². The van der Waals surface area contributed by atoms with Gasteiger partial charge < -0.3 is 19.6 Å². The largest absolute Gasteiger partial charge is 0.393 e. The molecule has 2 saturated carbocycles. The molecule has 0 aromatic heterocycles. The van der Waals surface area contributed by atoms with Crippen LogP contribution in [0, 0.1) is 11.8 Å². The number of piperazine rings is 1. The molecular weight excluding hydrogens is 387 g/mol. The van der Waals surface area contributed by atoms with Crippen molar-refractivity contribution in [3.63, 3.8) is 0 Å². The molecule has 0 spiro atoms. The van der Waals surface area contributed by atoms with Gasteiger partial charge in [0.25, 0.3) is 0 Å². The van der Waals surface area contributed by atoms with Crippen molar-refractivity contribution in [1.82, 2.24) is 9.80 Å². The summed E-state index contributed by atoms with van der Waals surface area (Å²) in [5, 5.41) is 9.62. The van der Waals surface area contributed by atoms with Crippen molar-refractivity contribution in [3.8, 4) is 0 Å². The quantitative estimate of drug-likeness (QED) is 0.705. The first-order valence-corrected chi connectivity index (χ1v) is 11.4. The van der Waals surface area contributed by atoms with Crippen molar-refractivity contribution in [3.05, 3.63) is 12.2 Å². The van der Waals surface area contributed by atoms with Gasteiger partial charge in [0.05, 0.1) is 18.1 Å². The van der Waals surface area contributed by atoms with Crippen LogP contribution in [0.2, 0.25) is 0 Å². The third kappa shape index (κ3) is 5.41. The van der Waals surface area contributed by atoms with Crippen LogP contribution < -0.4 is 0 Å². The summed E-state index contributed by atoms with van der Waals surface area (Å²) in [5.41, 5.74) is 0. The van der Waals surface area contributed by atoms with Gasteiger partial charge in [0.15, 0.2) is 0 Å². The molecule has 1 aliphatic heterocycles. The molecule has 1 N–H and O–H groups in total. The maximum atomic E-state index is 14.6. The minimum atomic E-state index is -1.17. The molecule has 3 unspecified atom stereocenters. The van der Waals surface area contributed by atoms with Crippen LogP contribution in [0.25, 0.3) is 0 Å². The Labute approximate surface area is 179 Å². The standard InChI is InChI=1S/C23H37FN2O4/c1-15-13-25(23(29)20-10-9-19(30-3)12-21(20)24)14-16(2)26(15)22(28)11-6-17-4-7-18(27)8-5-17/h6,11,15-21,27H,4-5,7-10,12-14H2,1-3H3/b11-6+/t15-,16-,17?,18?,19?,20?,21?/m1/s1. The SMILES string of the molecule is COC1CCC(C(=O)N2C[C@@H](C)N(C(=O)/C=C/C3CCC(O)CC3)[C@H](C)C2)C(F)C1. The van der Waals surface area contributed by atoms with E-state index in [4.69, 9.17) is 4.74 Å². The van der Waals surface area contributed by atoms with Gasteiger partial charge in [-0.15, -0.1) is 0 Å². The molecule has 2 aliphatic carbocycles. The molecule has 0 radical (unpaired) electrons. The summed E-state index contributed by atoms with van der Waals surface area (Å²) in [5.74, 6) is -0.412. The Morgan fingerprint density at radius 1 is 1.03 bits per heavy atom. The molecular formula is C23H37FN2O4. The van der Waals surface area contributed by atoms with Gasteiger partial charge in [0.2, 0.25) is 11.8 Å². The van der Waals surface area contributed by atoms with Crippen LogP contribution in [0.5, 0.6) is 0 Å². The van der Waals surface area contributed by atoms with Gasteiger partial charge in [0.1, 0.15) is 6.17 Å². The van der Waals surface area contributed by atoms with E-state index < -0.39 is 12.1 Å². The molecule has 6 nitrogen and oxygen atoms in total. The van der Waals surface area contributed by atoms with Gasteiger partial charge in [-0.2, -0.15) is 0 Å². The second kappa shape index (κ2) is 10.2. The van der Waals surface area contributed by atoms with E-state index >= 15 is 0 Å². The van der Waals surface area contributed by atoms with Gasteiger partial charge in [-0.1, -0.05) is 6.08 Å². The maximum absolute atomic E-state index is 14.6. The summed E-state index contributed by atoms with van der Waals surface area (Å²) in [6.07, 6.45) is 7.07. The normalized spacial score (nSPS) is 38.1. The van der Waals surface area contributed by atoms with E-state index in [-0.39, 0.29) is 42.5 Å². The molecule has 3 rings (SSSR count). The van der Waals surface area contributed by atoms with E-state index in [1.165, 1.54) is 0 Å². The predicted octanol–water partition coefficient (Wildman–Crippen LogP) is 2.69. The molecule has 170 valence electrons. The zero-order valence-corrected chi connectivity index (χ0v) is 18.5. The first-order valence-electron chi connectivity index (χ1n) is 11.4. The van der Waals surface area contributed by atoms with Crippen LogP contribution >= 0.6 is 0 Å². The molecule has 7 heteroatoms. The number of nitrogens with zero attached hydrogens (tertiary/aromatic N) is 2. The number of aliphatic hydroxyl groups excluding tert-OH is 1. The van der Waals surface area contributed by atoms with E-state index in [9.17, 15) is 19.1 Å². The van der Waals surface area contributed by atoms with Crippen LogP contribution in [0.15, 0.2) is 12.2 Å². The number of hydrogen-bond donors (Lipinski definition) is 1. The highest BCUT2D eigenvalue weighted by atomic mass is 19.1. The maximum Gasteiger partial charge on any atom is 0.246 e. The summed E-state index contributed by atoms with van der Waals surface area (Å²) >= 11 is 0. The van der Waals surface area contributed by atoms with Crippen LogP contribution in [-0.2, 0) is 14.3 Å². The number of aliphatic hydroxyl groups is 1. The van der Waals surface area contributed by atoms with Crippen molar-refractivity contribution >= 4 is 11.8 Å². The second-order valence-electron chi connectivity index (χ2n) is 9.41. The van der Waals surface area contributed by atoms with Crippen LogP contribution in [0.1, 0.15) is 58.8 Å². The monoisotopic (exact) mass is 424 g/mol. The number of carbonyl (C=O) groups is 2. The number of carbonyl (C=O) groups excluding carboxylic acids is 2. The van der Waals surface area contributed by atoms with Crippen molar-refractivity contribution in [2.45, 2.75) is 89.3 Å². The number of hydrogen-bond acceptors (Lipinski definition) is 4. The zero-order chi connectivity index (χ0) is 21.8. The molecule has 0 aromatic rings. The number of amides is 2. The Hall–Kier alpha value is -1.47. The Morgan fingerprint density at radius 2 is 1.67 bits per heavy atom. The molecule has 2 amide bonds. The minimum Gasteiger partial charge on any atom is -0.393 e. The lowest BCUT2D eigenvalue weighted by atomic mass is 9.84. The lowest BCUT2D eigenvalue weighted by molar-refractivity contribution is -0.149. The lowest BCUT2D eigenvalue weighted by Gasteiger charge is -2.45. The van der Waals surface area contributed by atoms with E-state index in [1.807, 2.05) is 24.8 Å². The number of ether oxygens (including phenoxy) is 1. The van der Waals surface area contributed by atoms with Gasteiger partial charge in [-0.25, -0.2) is 4.39 Å². The van der Waals surface area contributed by atoms with Gasteiger partial charge >= 0.3 is 0 Å². The van der Waals surface area contributed by atoms with Crippen molar-refractivity contribution in [1.29, 1.82) is 0 Å². The Bertz CT molecular complexity index is 623. The van der Waals surface area contributed by atoms with Crippen molar-refractivity contribution < 1.29 is 23.8 Å². The van der Waals surface area contributed by atoms with Crippen LogP contribution in [0.4, 0.5) is 4.39 Å². The fraction of sp³-hybridized carbons (Fsp3) is 0.826. The number of allylic oxidation sites excluding steroid dienone is 1. The van der Waals surface area contributed by atoms with Gasteiger partial charge in [0, 0.05) is 38.7 Å². The smallest absolute Gasteiger partial charge is 0.246 e. The summed E-state index contributed by atoms with van der Waals surface area (Å²) in [6, 6.07) is -0.229. The molecule has 3 aliphatic rings. The lowest BCUT2D eigenvalue weighted by Crippen LogP contribution is -2.61. The minimum absolute atomic E-state index is 0.0304. The molecule has 1 heterocycles. The second-order valence-corrected chi connectivity index (χ2v) is 9.41. The topological polar surface area (TPSA) is 70.1 Å². The van der Waals surface area contributed by atoms with E-state index in [0.29, 0.717) is 31.8 Å². The molecule has 30 heavy (non-hydrogen) atoms. The molecule has 0 aromatic carbocycles.